The van der Waals surface area contributed by atoms with Gasteiger partial charge in [-0.2, -0.15) is 0 Å². The first kappa shape index (κ1) is 12.8. The molecule has 94 valence electrons. The second kappa shape index (κ2) is 5.36. The van der Waals surface area contributed by atoms with Crippen LogP contribution in [-0.4, -0.2) is 0 Å². The normalized spacial score (nSPS) is 10.4. The molecule has 0 heterocycles. The molecule has 0 aromatic heterocycles. The Labute approximate surface area is 109 Å². The van der Waals surface area contributed by atoms with Gasteiger partial charge < -0.3 is 5.32 Å². The highest BCUT2D eigenvalue weighted by Gasteiger charge is 2.01. The van der Waals surface area contributed by atoms with E-state index in [1.165, 1.54) is 12.1 Å². The van der Waals surface area contributed by atoms with Gasteiger partial charge in [-0.1, -0.05) is 23.7 Å². The van der Waals surface area contributed by atoms with Gasteiger partial charge in [-0.05, 0) is 36.2 Å². The first-order valence-electron chi connectivity index (χ1n) is 5.49. The predicted molar refractivity (Wildman–Crippen MR) is 69.9 cm³/mol. The molecule has 2 aromatic carbocycles. The van der Waals surface area contributed by atoms with Gasteiger partial charge in [0.05, 0.1) is 0 Å². The van der Waals surface area contributed by atoms with Crippen molar-refractivity contribution in [3.63, 3.8) is 0 Å². The van der Waals surface area contributed by atoms with Crippen LogP contribution in [0.2, 0.25) is 5.02 Å². The molecule has 0 bridgehead atoms. The fraction of sp³-hybridized carbons (Fsp3) is 0.143. The molecule has 0 unspecified atom stereocenters. The molecule has 0 amide bonds. The summed E-state index contributed by atoms with van der Waals surface area (Å²) >= 11 is 6.00. The fourth-order valence-electron chi connectivity index (χ4n) is 1.61. The highest BCUT2D eigenvalue weighted by molar-refractivity contribution is 6.31. The Hall–Kier alpha value is -1.61. The molecule has 0 radical (unpaired) electrons. The number of nitrogens with one attached hydrogen (secondary N) is 1. The summed E-state index contributed by atoms with van der Waals surface area (Å²) in [7, 11) is 0. The molecule has 1 nitrogen and oxygen atoms in total. The minimum Gasteiger partial charge on any atom is -0.381 e. The van der Waals surface area contributed by atoms with Crippen molar-refractivity contribution in [2.75, 3.05) is 5.32 Å². The van der Waals surface area contributed by atoms with Crippen molar-refractivity contribution in [1.29, 1.82) is 0 Å². The van der Waals surface area contributed by atoms with Gasteiger partial charge in [0, 0.05) is 23.3 Å². The zero-order valence-corrected chi connectivity index (χ0v) is 10.6. The van der Waals surface area contributed by atoms with Crippen LogP contribution in [0.3, 0.4) is 0 Å². The molecule has 0 fully saturated rings. The van der Waals surface area contributed by atoms with Crippen LogP contribution in [0.1, 0.15) is 11.1 Å². The Morgan fingerprint density at radius 2 is 1.72 bits per heavy atom. The van der Waals surface area contributed by atoms with E-state index in [1.54, 1.807) is 0 Å². The third-order valence-electron chi connectivity index (χ3n) is 2.60. The quantitative estimate of drug-likeness (QED) is 0.861. The van der Waals surface area contributed by atoms with Crippen LogP contribution in [0.25, 0.3) is 0 Å². The van der Waals surface area contributed by atoms with Gasteiger partial charge >= 0.3 is 0 Å². The minimum atomic E-state index is -0.598. The summed E-state index contributed by atoms with van der Waals surface area (Å²) in [5.41, 5.74) is 2.36. The van der Waals surface area contributed by atoms with Crippen LogP contribution >= 0.6 is 11.6 Å². The third-order valence-corrected chi connectivity index (χ3v) is 3.00. The highest BCUT2D eigenvalue weighted by atomic mass is 35.5. The molecular formula is C14H12ClF2N. The summed E-state index contributed by atoms with van der Waals surface area (Å²) in [6, 6.07) is 9.00. The van der Waals surface area contributed by atoms with Gasteiger partial charge in [0.25, 0.3) is 0 Å². The van der Waals surface area contributed by atoms with Crippen molar-refractivity contribution in [2.45, 2.75) is 13.5 Å². The molecule has 18 heavy (non-hydrogen) atoms. The molecular weight excluding hydrogens is 256 g/mol. The number of rotatable bonds is 3. The second-order valence-corrected chi connectivity index (χ2v) is 4.50. The van der Waals surface area contributed by atoms with Gasteiger partial charge in [0.2, 0.25) is 0 Å². The molecule has 0 atom stereocenters. The molecule has 0 saturated carbocycles. The number of hydrogen-bond donors (Lipinski definition) is 1. The van der Waals surface area contributed by atoms with E-state index < -0.39 is 11.6 Å². The van der Waals surface area contributed by atoms with Crippen LogP contribution in [0.4, 0.5) is 14.5 Å². The van der Waals surface area contributed by atoms with E-state index >= 15 is 0 Å². The average Bonchev–Trinajstić information content (AvgIpc) is 2.29. The van der Waals surface area contributed by atoms with Crippen LogP contribution in [-0.2, 0) is 6.54 Å². The maximum atomic E-state index is 13.0. The van der Waals surface area contributed by atoms with Gasteiger partial charge in [0.1, 0.15) is 11.6 Å². The van der Waals surface area contributed by atoms with E-state index in [1.807, 2.05) is 25.1 Å². The lowest BCUT2D eigenvalue weighted by Gasteiger charge is -2.08. The predicted octanol–water partition coefficient (Wildman–Crippen LogP) is 4.54. The lowest BCUT2D eigenvalue weighted by Crippen LogP contribution is -2.00. The van der Waals surface area contributed by atoms with E-state index in [0.717, 1.165) is 17.2 Å². The summed E-state index contributed by atoms with van der Waals surface area (Å²) in [4.78, 5) is 0. The smallest absolute Gasteiger partial charge is 0.128 e. The van der Waals surface area contributed by atoms with Gasteiger partial charge in [0.15, 0.2) is 0 Å². The Kier molecular flexibility index (Phi) is 3.82. The number of anilines is 1. The Morgan fingerprint density at radius 3 is 2.33 bits per heavy atom. The molecule has 0 aliphatic rings. The topological polar surface area (TPSA) is 12.0 Å². The van der Waals surface area contributed by atoms with Crippen molar-refractivity contribution >= 4 is 17.3 Å². The molecule has 0 saturated heterocycles. The van der Waals surface area contributed by atoms with Crippen LogP contribution in [0, 0.1) is 18.6 Å². The van der Waals surface area contributed by atoms with Crippen molar-refractivity contribution in [1.82, 2.24) is 0 Å². The fourth-order valence-corrected chi connectivity index (χ4v) is 1.81. The number of aryl methyl sites for hydroxylation is 1. The highest BCUT2D eigenvalue weighted by Crippen LogP contribution is 2.18. The maximum Gasteiger partial charge on any atom is 0.128 e. The van der Waals surface area contributed by atoms with Gasteiger partial charge in [-0.15, -0.1) is 0 Å². The van der Waals surface area contributed by atoms with E-state index in [-0.39, 0.29) is 0 Å². The molecule has 0 aliphatic carbocycles. The molecule has 1 N–H and O–H groups in total. The number of hydrogen-bond acceptors (Lipinski definition) is 1. The van der Waals surface area contributed by atoms with E-state index in [4.69, 9.17) is 11.6 Å². The van der Waals surface area contributed by atoms with E-state index in [2.05, 4.69) is 5.32 Å². The summed E-state index contributed by atoms with van der Waals surface area (Å²) < 4.78 is 25.9. The first-order valence-corrected chi connectivity index (χ1v) is 5.87. The molecule has 0 spiro atoms. The van der Waals surface area contributed by atoms with Crippen LogP contribution in [0.15, 0.2) is 36.4 Å². The van der Waals surface area contributed by atoms with Gasteiger partial charge in [-0.3, -0.25) is 0 Å². The lowest BCUT2D eigenvalue weighted by atomic mass is 10.1. The summed E-state index contributed by atoms with van der Waals surface area (Å²) in [5, 5.41) is 3.63. The minimum absolute atomic E-state index is 0.407. The first-order chi connectivity index (χ1) is 8.54. The average molecular weight is 268 g/mol. The Morgan fingerprint density at radius 1 is 1.06 bits per heavy atom. The number of benzene rings is 2. The largest absolute Gasteiger partial charge is 0.381 e. The zero-order valence-electron chi connectivity index (χ0n) is 9.81. The summed E-state index contributed by atoms with van der Waals surface area (Å²) in [6.45, 7) is 2.38. The van der Waals surface area contributed by atoms with E-state index in [0.29, 0.717) is 17.3 Å². The van der Waals surface area contributed by atoms with Gasteiger partial charge in [-0.25, -0.2) is 8.78 Å². The molecule has 2 aromatic rings. The van der Waals surface area contributed by atoms with Crippen molar-refractivity contribution in [2.24, 2.45) is 0 Å². The SMILES string of the molecule is Cc1ccc(CNc2cc(F)cc(F)c2)cc1Cl. The maximum absolute atomic E-state index is 13.0. The lowest BCUT2D eigenvalue weighted by molar-refractivity contribution is 0.584. The second-order valence-electron chi connectivity index (χ2n) is 4.10. The third kappa shape index (κ3) is 3.20. The zero-order chi connectivity index (χ0) is 13.1. The summed E-state index contributed by atoms with van der Waals surface area (Å²) in [5.74, 6) is -1.20. The van der Waals surface area contributed by atoms with E-state index in [9.17, 15) is 8.78 Å². The monoisotopic (exact) mass is 267 g/mol. The summed E-state index contributed by atoms with van der Waals surface area (Å²) in [6.07, 6.45) is 0. The van der Waals surface area contributed by atoms with Crippen molar-refractivity contribution in [3.05, 3.63) is 64.2 Å². The van der Waals surface area contributed by atoms with Crippen LogP contribution in [0.5, 0.6) is 0 Å². The molecule has 0 aliphatic heterocycles. The standard InChI is InChI=1S/C14H12ClF2N/c1-9-2-3-10(4-14(9)15)8-18-13-6-11(16)5-12(17)7-13/h2-7,18H,8H2,1H3. The number of halogens is 3. The molecule has 2 rings (SSSR count). The van der Waals surface area contributed by atoms with Crippen molar-refractivity contribution in [3.8, 4) is 0 Å². The molecule has 4 heteroatoms. The van der Waals surface area contributed by atoms with Crippen molar-refractivity contribution < 1.29 is 8.78 Å². The van der Waals surface area contributed by atoms with Crippen LogP contribution < -0.4 is 5.32 Å². The Balaban J connectivity index is 2.08. The Bertz CT molecular complexity index is 549.